The molecule has 0 saturated carbocycles. The molecule has 1 aromatic rings. The average molecular weight is 233 g/mol. The van der Waals surface area contributed by atoms with Gasteiger partial charge >= 0.3 is 0 Å². The third kappa shape index (κ3) is 2.26. The lowest BCUT2D eigenvalue weighted by Gasteiger charge is -2.14. The normalized spacial score (nSPS) is 20.6. The molecule has 1 aliphatic heterocycles. The van der Waals surface area contributed by atoms with E-state index in [1.165, 1.54) is 0 Å². The molecule has 2 rings (SSSR count). The maximum absolute atomic E-state index is 11.7. The summed E-state index contributed by atoms with van der Waals surface area (Å²) in [6.45, 7) is 1.50. The van der Waals surface area contributed by atoms with Gasteiger partial charge in [-0.3, -0.25) is 4.79 Å². The van der Waals surface area contributed by atoms with E-state index in [0.29, 0.717) is 6.54 Å². The molecule has 1 saturated heterocycles. The van der Waals surface area contributed by atoms with E-state index in [4.69, 9.17) is 5.73 Å². The van der Waals surface area contributed by atoms with Crippen LogP contribution in [0, 0.1) is 0 Å². The second-order valence-corrected chi connectivity index (χ2v) is 4.09. The predicted molar refractivity (Wildman–Crippen MR) is 60.1 cm³/mol. The molecule has 0 aromatic carbocycles. The van der Waals surface area contributed by atoms with Gasteiger partial charge < -0.3 is 10.6 Å². The Labute approximate surface area is 93.3 Å². The smallest absolute Gasteiger partial charge is 0.254 e. The zero-order valence-electron chi connectivity index (χ0n) is 7.68. The number of hydrogen-bond acceptors (Lipinski definition) is 3. The van der Waals surface area contributed by atoms with Gasteiger partial charge in [-0.15, -0.1) is 12.4 Å². The SMILES string of the molecule is Cl.N[C@H]1CCN(C(=O)c2ccsc2)C1. The lowest BCUT2D eigenvalue weighted by molar-refractivity contribution is 0.0791. The summed E-state index contributed by atoms with van der Waals surface area (Å²) < 4.78 is 0. The van der Waals surface area contributed by atoms with Crippen molar-refractivity contribution in [1.82, 2.24) is 4.90 Å². The fourth-order valence-electron chi connectivity index (χ4n) is 1.54. The molecule has 5 heteroatoms. The second-order valence-electron chi connectivity index (χ2n) is 3.31. The highest BCUT2D eigenvalue weighted by atomic mass is 35.5. The minimum absolute atomic E-state index is 0. The van der Waals surface area contributed by atoms with Gasteiger partial charge in [-0.2, -0.15) is 11.3 Å². The van der Waals surface area contributed by atoms with Gasteiger partial charge in [0, 0.05) is 24.5 Å². The van der Waals surface area contributed by atoms with Crippen LogP contribution in [-0.2, 0) is 0 Å². The van der Waals surface area contributed by atoms with E-state index in [1.807, 2.05) is 21.7 Å². The summed E-state index contributed by atoms with van der Waals surface area (Å²) in [5, 5.41) is 3.80. The molecular formula is C9H13ClN2OS. The van der Waals surface area contributed by atoms with Crippen molar-refractivity contribution in [2.45, 2.75) is 12.5 Å². The first kappa shape index (κ1) is 11.5. The maximum atomic E-state index is 11.7. The number of halogens is 1. The molecule has 1 fully saturated rings. The van der Waals surface area contributed by atoms with E-state index in [-0.39, 0.29) is 24.4 Å². The number of thiophene rings is 1. The lowest BCUT2D eigenvalue weighted by atomic mass is 10.3. The summed E-state index contributed by atoms with van der Waals surface area (Å²) >= 11 is 1.55. The van der Waals surface area contributed by atoms with Gasteiger partial charge in [0.1, 0.15) is 0 Å². The fraction of sp³-hybridized carbons (Fsp3) is 0.444. The van der Waals surface area contributed by atoms with E-state index in [9.17, 15) is 4.79 Å². The van der Waals surface area contributed by atoms with Crippen LogP contribution in [0.3, 0.4) is 0 Å². The van der Waals surface area contributed by atoms with Gasteiger partial charge in [-0.25, -0.2) is 0 Å². The molecule has 78 valence electrons. The summed E-state index contributed by atoms with van der Waals surface area (Å²) in [4.78, 5) is 13.6. The Morgan fingerprint density at radius 2 is 2.43 bits per heavy atom. The molecule has 0 bridgehead atoms. The van der Waals surface area contributed by atoms with Crippen LogP contribution >= 0.6 is 23.7 Å². The van der Waals surface area contributed by atoms with E-state index >= 15 is 0 Å². The molecule has 14 heavy (non-hydrogen) atoms. The number of rotatable bonds is 1. The molecule has 1 aliphatic rings. The number of nitrogens with two attached hydrogens (primary N) is 1. The molecule has 2 heterocycles. The minimum Gasteiger partial charge on any atom is -0.337 e. The van der Waals surface area contributed by atoms with Crippen molar-refractivity contribution in [1.29, 1.82) is 0 Å². The number of likely N-dealkylation sites (tertiary alicyclic amines) is 1. The van der Waals surface area contributed by atoms with Crippen molar-refractivity contribution in [3.05, 3.63) is 22.4 Å². The van der Waals surface area contributed by atoms with Crippen molar-refractivity contribution < 1.29 is 4.79 Å². The van der Waals surface area contributed by atoms with Crippen LogP contribution in [0.25, 0.3) is 0 Å². The molecule has 1 atom stereocenters. The standard InChI is InChI=1S/C9H12N2OS.ClH/c10-8-1-3-11(5-8)9(12)7-2-4-13-6-7;/h2,4,6,8H,1,3,5,10H2;1H/t8-;/m0./s1. The van der Waals surface area contributed by atoms with Gasteiger partial charge in [0.05, 0.1) is 5.56 Å². The van der Waals surface area contributed by atoms with E-state index in [2.05, 4.69) is 0 Å². The molecular weight excluding hydrogens is 220 g/mol. The highest BCUT2D eigenvalue weighted by Crippen LogP contribution is 2.14. The average Bonchev–Trinajstić information content (AvgIpc) is 2.72. The van der Waals surface area contributed by atoms with Crippen LogP contribution in [0.5, 0.6) is 0 Å². The van der Waals surface area contributed by atoms with E-state index in [0.717, 1.165) is 18.5 Å². The summed E-state index contributed by atoms with van der Waals surface area (Å²) in [5.41, 5.74) is 6.52. The first-order chi connectivity index (χ1) is 6.27. The molecule has 0 radical (unpaired) electrons. The molecule has 0 unspecified atom stereocenters. The van der Waals surface area contributed by atoms with Crippen molar-refractivity contribution in [2.75, 3.05) is 13.1 Å². The number of hydrogen-bond donors (Lipinski definition) is 1. The Balaban J connectivity index is 0.000000980. The fourth-order valence-corrected chi connectivity index (χ4v) is 2.17. The van der Waals surface area contributed by atoms with Crippen LogP contribution in [0.15, 0.2) is 16.8 Å². The van der Waals surface area contributed by atoms with Crippen molar-refractivity contribution in [3.63, 3.8) is 0 Å². The second kappa shape index (κ2) is 4.77. The van der Waals surface area contributed by atoms with Gasteiger partial charge in [0.25, 0.3) is 5.91 Å². The third-order valence-electron chi connectivity index (χ3n) is 2.28. The topological polar surface area (TPSA) is 46.3 Å². The third-order valence-corrected chi connectivity index (χ3v) is 2.96. The minimum atomic E-state index is 0. The van der Waals surface area contributed by atoms with Gasteiger partial charge in [0.15, 0.2) is 0 Å². The summed E-state index contributed by atoms with van der Waals surface area (Å²) in [6.07, 6.45) is 0.926. The van der Waals surface area contributed by atoms with E-state index < -0.39 is 0 Å². The Morgan fingerprint density at radius 1 is 1.64 bits per heavy atom. The monoisotopic (exact) mass is 232 g/mol. The zero-order valence-corrected chi connectivity index (χ0v) is 9.31. The number of carbonyl (C=O) groups is 1. The van der Waals surface area contributed by atoms with Crippen LogP contribution in [0.1, 0.15) is 16.8 Å². The first-order valence-corrected chi connectivity index (χ1v) is 5.28. The van der Waals surface area contributed by atoms with Crippen LogP contribution in [0.4, 0.5) is 0 Å². The molecule has 0 aliphatic carbocycles. The van der Waals surface area contributed by atoms with Gasteiger partial charge in [-0.1, -0.05) is 0 Å². The van der Waals surface area contributed by atoms with Crippen LogP contribution in [0.2, 0.25) is 0 Å². The summed E-state index contributed by atoms with van der Waals surface area (Å²) in [5.74, 6) is 0.120. The zero-order chi connectivity index (χ0) is 9.26. The Bertz CT molecular complexity index is 302. The highest BCUT2D eigenvalue weighted by Gasteiger charge is 2.24. The Kier molecular flexibility index (Phi) is 3.92. The van der Waals surface area contributed by atoms with E-state index in [1.54, 1.807) is 11.3 Å². The molecule has 1 amide bonds. The largest absolute Gasteiger partial charge is 0.337 e. The quantitative estimate of drug-likeness (QED) is 0.795. The van der Waals surface area contributed by atoms with Crippen molar-refractivity contribution in [2.24, 2.45) is 5.73 Å². The molecule has 3 nitrogen and oxygen atoms in total. The molecule has 0 spiro atoms. The maximum Gasteiger partial charge on any atom is 0.254 e. The van der Waals surface area contributed by atoms with Gasteiger partial charge in [-0.05, 0) is 17.9 Å². The van der Waals surface area contributed by atoms with Crippen molar-refractivity contribution in [3.8, 4) is 0 Å². The molecule has 1 aromatic heterocycles. The Hall–Kier alpha value is -0.580. The van der Waals surface area contributed by atoms with Crippen LogP contribution < -0.4 is 5.73 Å². The lowest BCUT2D eigenvalue weighted by Crippen LogP contribution is -2.31. The first-order valence-electron chi connectivity index (χ1n) is 4.34. The Morgan fingerprint density at radius 3 is 2.93 bits per heavy atom. The molecule has 2 N–H and O–H groups in total. The van der Waals surface area contributed by atoms with Crippen LogP contribution in [-0.4, -0.2) is 29.9 Å². The predicted octanol–water partition coefficient (Wildman–Crippen LogP) is 1.34. The number of amides is 1. The van der Waals surface area contributed by atoms with Gasteiger partial charge in [0.2, 0.25) is 0 Å². The summed E-state index contributed by atoms with van der Waals surface area (Å²) in [7, 11) is 0. The van der Waals surface area contributed by atoms with Crippen molar-refractivity contribution >= 4 is 29.7 Å². The number of nitrogens with zero attached hydrogens (tertiary/aromatic N) is 1. The highest BCUT2D eigenvalue weighted by molar-refractivity contribution is 7.08. The summed E-state index contributed by atoms with van der Waals surface area (Å²) in [6, 6.07) is 2.03. The number of carbonyl (C=O) groups excluding carboxylic acids is 1.